The lowest BCUT2D eigenvalue weighted by molar-refractivity contribution is 0.0680. The van der Waals surface area contributed by atoms with Gasteiger partial charge >= 0.3 is 6.03 Å². The molecule has 1 aliphatic heterocycles. The zero-order valence-electron chi connectivity index (χ0n) is 16.9. The molecule has 2 N–H and O–H groups in total. The van der Waals surface area contributed by atoms with Crippen LogP contribution in [0.2, 0.25) is 0 Å². The third kappa shape index (κ3) is 5.99. The summed E-state index contributed by atoms with van der Waals surface area (Å²) in [6, 6.07) is 7.14. The standard InChI is InChI=1S/C21H30N4O3/c1-21(2,3)19(13-25-10-9-22-15-25)24-20(26)23-16-6-4-7-17(12-16)28-14-18-8-5-11-27-18/h4,6-7,9-10,12,15,18-19H,5,8,11,13-14H2,1-3H3,(H2,23,24,26). The average molecular weight is 386 g/mol. The number of imidazole rings is 1. The Labute approximate surface area is 166 Å². The van der Waals surface area contributed by atoms with E-state index in [2.05, 4.69) is 36.4 Å². The number of ether oxygens (including phenoxy) is 2. The fourth-order valence-electron chi connectivity index (χ4n) is 3.10. The molecule has 152 valence electrons. The molecule has 0 spiro atoms. The molecule has 0 saturated carbocycles. The van der Waals surface area contributed by atoms with Crippen molar-refractivity contribution in [3.63, 3.8) is 0 Å². The van der Waals surface area contributed by atoms with Gasteiger partial charge < -0.3 is 24.7 Å². The Morgan fingerprint density at radius 1 is 1.43 bits per heavy atom. The highest BCUT2D eigenvalue weighted by atomic mass is 16.5. The first-order valence-electron chi connectivity index (χ1n) is 9.78. The maximum Gasteiger partial charge on any atom is 0.319 e. The van der Waals surface area contributed by atoms with Gasteiger partial charge in [0.15, 0.2) is 0 Å². The van der Waals surface area contributed by atoms with E-state index < -0.39 is 0 Å². The lowest BCUT2D eigenvalue weighted by atomic mass is 9.86. The fraction of sp³-hybridized carbons (Fsp3) is 0.524. The van der Waals surface area contributed by atoms with Crippen LogP contribution in [0.4, 0.5) is 10.5 Å². The Kier molecular flexibility index (Phi) is 6.57. The summed E-state index contributed by atoms with van der Waals surface area (Å²) in [4.78, 5) is 16.6. The van der Waals surface area contributed by atoms with E-state index in [4.69, 9.17) is 9.47 Å². The second-order valence-electron chi connectivity index (χ2n) is 8.25. The van der Waals surface area contributed by atoms with Crippen molar-refractivity contribution in [1.82, 2.24) is 14.9 Å². The van der Waals surface area contributed by atoms with Gasteiger partial charge in [-0.2, -0.15) is 0 Å². The molecule has 2 atom stereocenters. The first-order valence-corrected chi connectivity index (χ1v) is 9.78. The predicted octanol–water partition coefficient (Wildman–Crippen LogP) is 3.68. The minimum absolute atomic E-state index is 0.0550. The molecule has 1 fully saturated rings. The number of benzene rings is 1. The first kappa shape index (κ1) is 20.2. The summed E-state index contributed by atoms with van der Waals surface area (Å²) in [5.74, 6) is 0.721. The average Bonchev–Trinajstić information content (AvgIpc) is 3.33. The minimum Gasteiger partial charge on any atom is -0.491 e. The molecule has 0 aliphatic carbocycles. The summed E-state index contributed by atoms with van der Waals surface area (Å²) < 4.78 is 13.4. The van der Waals surface area contributed by atoms with Crippen LogP contribution in [0.15, 0.2) is 43.0 Å². The van der Waals surface area contributed by atoms with Crippen molar-refractivity contribution in [3.8, 4) is 5.75 Å². The number of aromatic nitrogens is 2. The molecule has 7 nitrogen and oxygen atoms in total. The zero-order valence-corrected chi connectivity index (χ0v) is 16.9. The molecule has 2 amide bonds. The molecule has 1 aliphatic rings. The number of hydrogen-bond donors (Lipinski definition) is 2. The predicted molar refractivity (Wildman–Crippen MR) is 109 cm³/mol. The van der Waals surface area contributed by atoms with Crippen molar-refractivity contribution >= 4 is 11.7 Å². The summed E-state index contributed by atoms with van der Waals surface area (Å²) in [5, 5.41) is 5.99. The van der Waals surface area contributed by atoms with Gasteiger partial charge in [0.2, 0.25) is 0 Å². The molecule has 1 aromatic heterocycles. The van der Waals surface area contributed by atoms with E-state index in [9.17, 15) is 4.79 Å². The highest BCUT2D eigenvalue weighted by Crippen LogP contribution is 2.22. The Bertz CT molecular complexity index is 749. The zero-order chi connectivity index (χ0) is 20.0. The smallest absolute Gasteiger partial charge is 0.319 e. The number of rotatable bonds is 7. The fourth-order valence-corrected chi connectivity index (χ4v) is 3.10. The number of amides is 2. The molecule has 0 bridgehead atoms. The third-order valence-electron chi connectivity index (χ3n) is 4.86. The molecule has 0 radical (unpaired) electrons. The third-order valence-corrected chi connectivity index (χ3v) is 4.86. The van der Waals surface area contributed by atoms with E-state index in [1.165, 1.54) is 0 Å². The maximum atomic E-state index is 12.6. The van der Waals surface area contributed by atoms with Gasteiger partial charge in [-0.15, -0.1) is 0 Å². The van der Waals surface area contributed by atoms with Crippen LogP contribution in [-0.4, -0.2) is 40.9 Å². The highest BCUT2D eigenvalue weighted by molar-refractivity contribution is 5.89. The second kappa shape index (κ2) is 9.10. The van der Waals surface area contributed by atoms with E-state index in [0.29, 0.717) is 18.8 Å². The van der Waals surface area contributed by atoms with E-state index >= 15 is 0 Å². The van der Waals surface area contributed by atoms with Crippen LogP contribution in [0, 0.1) is 5.41 Å². The van der Waals surface area contributed by atoms with Gasteiger partial charge in [-0.05, 0) is 30.4 Å². The lowest BCUT2D eigenvalue weighted by Crippen LogP contribution is -2.47. The van der Waals surface area contributed by atoms with Gasteiger partial charge in [-0.1, -0.05) is 26.8 Å². The largest absolute Gasteiger partial charge is 0.491 e. The highest BCUT2D eigenvalue weighted by Gasteiger charge is 2.26. The molecule has 2 heterocycles. The first-order chi connectivity index (χ1) is 13.4. The second-order valence-corrected chi connectivity index (χ2v) is 8.25. The number of nitrogens with one attached hydrogen (secondary N) is 2. The number of carbonyl (C=O) groups excluding carboxylic acids is 1. The Morgan fingerprint density at radius 2 is 2.29 bits per heavy atom. The van der Waals surface area contributed by atoms with Crippen LogP contribution in [0.1, 0.15) is 33.6 Å². The number of carbonyl (C=O) groups is 1. The van der Waals surface area contributed by atoms with E-state index in [1.54, 1.807) is 12.5 Å². The molecular formula is C21H30N4O3. The topological polar surface area (TPSA) is 77.4 Å². The van der Waals surface area contributed by atoms with Gasteiger partial charge in [0.05, 0.1) is 18.5 Å². The van der Waals surface area contributed by atoms with E-state index in [0.717, 1.165) is 25.2 Å². The molecule has 1 aromatic carbocycles. The Morgan fingerprint density at radius 3 is 2.96 bits per heavy atom. The van der Waals surface area contributed by atoms with Crippen LogP contribution in [0.5, 0.6) is 5.75 Å². The lowest BCUT2D eigenvalue weighted by Gasteiger charge is -2.31. The van der Waals surface area contributed by atoms with Crippen LogP contribution < -0.4 is 15.4 Å². The van der Waals surface area contributed by atoms with Gasteiger partial charge in [0.25, 0.3) is 0 Å². The molecule has 7 heteroatoms. The maximum absolute atomic E-state index is 12.6. The summed E-state index contributed by atoms with van der Waals surface area (Å²) in [5.41, 5.74) is 0.589. The van der Waals surface area contributed by atoms with Crippen molar-refractivity contribution in [2.45, 2.75) is 52.3 Å². The number of anilines is 1. The number of hydrogen-bond acceptors (Lipinski definition) is 4. The Balaban J connectivity index is 1.55. The van der Waals surface area contributed by atoms with Gasteiger partial charge in [0.1, 0.15) is 12.4 Å². The van der Waals surface area contributed by atoms with Crippen LogP contribution in [0.25, 0.3) is 0 Å². The molecule has 1 saturated heterocycles. The van der Waals surface area contributed by atoms with E-state index in [-0.39, 0.29) is 23.6 Å². The molecular weight excluding hydrogens is 356 g/mol. The summed E-state index contributed by atoms with van der Waals surface area (Å²) >= 11 is 0. The normalized spacial score (nSPS) is 17.9. The van der Waals surface area contributed by atoms with Crippen molar-refractivity contribution in [1.29, 1.82) is 0 Å². The summed E-state index contributed by atoms with van der Waals surface area (Å²) in [6.07, 6.45) is 7.67. The van der Waals surface area contributed by atoms with Crippen molar-refractivity contribution < 1.29 is 14.3 Å². The number of urea groups is 1. The summed E-state index contributed by atoms with van der Waals surface area (Å²) in [7, 11) is 0. The van der Waals surface area contributed by atoms with Crippen LogP contribution >= 0.6 is 0 Å². The van der Waals surface area contributed by atoms with Crippen LogP contribution in [-0.2, 0) is 11.3 Å². The van der Waals surface area contributed by atoms with Crippen molar-refractivity contribution in [2.75, 3.05) is 18.5 Å². The van der Waals surface area contributed by atoms with E-state index in [1.807, 2.05) is 35.0 Å². The van der Waals surface area contributed by atoms with Crippen molar-refractivity contribution in [3.05, 3.63) is 43.0 Å². The molecule has 2 unspecified atom stereocenters. The molecule has 3 rings (SSSR count). The van der Waals surface area contributed by atoms with Crippen molar-refractivity contribution in [2.24, 2.45) is 5.41 Å². The minimum atomic E-state index is -0.240. The Hall–Kier alpha value is -2.54. The van der Waals surface area contributed by atoms with Gasteiger partial charge in [-0.3, -0.25) is 0 Å². The van der Waals surface area contributed by atoms with Crippen LogP contribution in [0.3, 0.4) is 0 Å². The SMILES string of the molecule is CC(C)(C)C(Cn1ccnc1)NC(=O)Nc1cccc(OCC2CCCO2)c1. The molecule has 2 aromatic rings. The summed E-state index contributed by atoms with van der Waals surface area (Å²) in [6.45, 7) is 8.31. The molecule has 28 heavy (non-hydrogen) atoms. The quantitative estimate of drug-likeness (QED) is 0.761. The number of nitrogens with zero attached hydrogens (tertiary/aromatic N) is 2. The van der Waals surface area contributed by atoms with Gasteiger partial charge in [0, 0.05) is 37.3 Å². The van der Waals surface area contributed by atoms with Gasteiger partial charge in [-0.25, -0.2) is 9.78 Å². The monoisotopic (exact) mass is 386 g/mol.